The molecule has 2 aliphatic rings. The predicted octanol–water partition coefficient (Wildman–Crippen LogP) is 3.63. The molecule has 4 aromatic rings. The molecule has 28 heavy (non-hydrogen) atoms. The number of carbonyl (C=O) groups excluding carboxylic acids is 2. The fourth-order valence-electron chi connectivity index (χ4n) is 4.69. The number of fused-ring (bicyclic) bond motifs is 6. The van der Waals surface area contributed by atoms with E-state index in [1.807, 2.05) is 35.2 Å². The van der Waals surface area contributed by atoms with Gasteiger partial charge in [0.15, 0.2) is 6.29 Å². The topological polar surface area (TPSA) is 81.0 Å². The number of hydrogen-bond acceptors (Lipinski definition) is 3. The van der Waals surface area contributed by atoms with Crippen molar-refractivity contribution >= 4 is 45.4 Å². The Hall–Kier alpha value is -3.54. The maximum absolute atomic E-state index is 13.3. The van der Waals surface area contributed by atoms with Crippen LogP contribution in [0.1, 0.15) is 32.1 Å². The summed E-state index contributed by atoms with van der Waals surface area (Å²) in [6, 6.07) is 11.9. The summed E-state index contributed by atoms with van der Waals surface area (Å²) in [5.74, 6) is -0.0137. The second-order valence-corrected chi connectivity index (χ2v) is 7.49. The van der Waals surface area contributed by atoms with Crippen LogP contribution in [0.5, 0.6) is 0 Å². The van der Waals surface area contributed by atoms with Crippen molar-refractivity contribution < 1.29 is 9.59 Å². The lowest BCUT2D eigenvalue weighted by Crippen LogP contribution is -2.29. The van der Waals surface area contributed by atoms with E-state index in [4.69, 9.17) is 0 Å². The Labute approximate surface area is 160 Å². The van der Waals surface area contributed by atoms with Gasteiger partial charge in [0.25, 0.3) is 5.91 Å². The number of nitrogens with zero attached hydrogens (tertiary/aromatic N) is 1. The molecule has 6 rings (SSSR count). The number of aromatic amines is 2. The van der Waals surface area contributed by atoms with Crippen LogP contribution in [-0.4, -0.2) is 35.3 Å². The molecule has 0 radical (unpaired) electrons. The molecule has 2 aliphatic heterocycles. The van der Waals surface area contributed by atoms with E-state index in [-0.39, 0.29) is 5.91 Å². The highest BCUT2D eigenvalue weighted by molar-refractivity contribution is 6.10. The molecule has 3 N–H and O–H groups in total. The van der Waals surface area contributed by atoms with E-state index in [1.54, 1.807) is 0 Å². The van der Waals surface area contributed by atoms with Crippen LogP contribution < -0.4 is 10.2 Å². The van der Waals surface area contributed by atoms with Gasteiger partial charge in [0, 0.05) is 46.3 Å². The molecule has 0 bridgehead atoms. The number of nitrogens with one attached hydrogen (secondary N) is 3. The summed E-state index contributed by atoms with van der Waals surface area (Å²) >= 11 is 0. The number of rotatable bonds is 2. The second kappa shape index (κ2) is 5.48. The minimum Gasteiger partial charge on any atom is -0.384 e. The van der Waals surface area contributed by atoms with Gasteiger partial charge in [-0.05, 0) is 60.4 Å². The third kappa shape index (κ3) is 2.03. The highest BCUT2D eigenvalue weighted by Gasteiger charge is 2.29. The Morgan fingerprint density at radius 2 is 1.79 bits per heavy atom. The molecule has 2 aromatic heterocycles. The lowest BCUT2D eigenvalue weighted by Gasteiger charge is -2.16. The maximum atomic E-state index is 13.3. The smallest absolute Gasteiger partial charge is 0.274 e. The fourth-order valence-corrected chi connectivity index (χ4v) is 4.69. The Morgan fingerprint density at radius 3 is 2.68 bits per heavy atom. The van der Waals surface area contributed by atoms with Gasteiger partial charge in [-0.25, -0.2) is 0 Å². The molecule has 4 heterocycles. The number of aldehydes is 1. The summed E-state index contributed by atoms with van der Waals surface area (Å²) in [5, 5.41) is 5.54. The van der Waals surface area contributed by atoms with Crippen molar-refractivity contribution in [1.82, 2.24) is 9.97 Å². The molecule has 0 saturated heterocycles. The monoisotopic (exact) mass is 370 g/mol. The fraction of sp³-hybridized carbons (Fsp3) is 0.182. The largest absolute Gasteiger partial charge is 0.384 e. The van der Waals surface area contributed by atoms with E-state index in [0.29, 0.717) is 17.9 Å². The second-order valence-electron chi connectivity index (χ2n) is 7.49. The average Bonchev–Trinajstić information content (AvgIpc) is 3.49. The Kier molecular flexibility index (Phi) is 3.04. The van der Waals surface area contributed by atoms with Gasteiger partial charge in [-0.2, -0.15) is 0 Å². The van der Waals surface area contributed by atoms with Gasteiger partial charge < -0.3 is 20.2 Å². The van der Waals surface area contributed by atoms with Gasteiger partial charge in [0.2, 0.25) is 0 Å². The zero-order valence-electron chi connectivity index (χ0n) is 15.1. The zero-order valence-corrected chi connectivity index (χ0v) is 15.1. The number of benzene rings is 2. The van der Waals surface area contributed by atoms with Crippen LogP contribution in [0.3, 0.4) is 0 Å². The van der Waals surface area contributed by atoms with E-state index in [2.05, 4.69) is 21.4 Å². The molecule has 1 amide bonds. The predicted molar refractivity (Wildman–Crippen MR) is 110 cm³/mol. The summed E-state index contributed by atoms with van der Waals surface area (Å²) in [6.07, 6.45) is 2.59. The molecule has 0 unspecified atom stereocenters. The summed E-state index contributed by atoms with van der Waals surface area (Å²) in [5.41, 5.74) is 7.61. The number of amides is 1. The minimum atomic E-state index is -0.0137. The molecule has 6 heteroatoms. The summed E-state index contributed by atoms with van der Waals surface area (Å²) < 4.78 is 0. The first-order chi connectivity index (χ1) is 13.7. The Morgan fingerprint density at radius 1 is 0.964 bits per heavy atom. The van der Waals surface area contributed by atoms with Gasteiger partial charge in [0.05, 0.1) is 5.69 Å². The molecule has 0 saturated carbocycles. The molecule has 2 aromatic carbocycles. The van der Waals surface area contributed by atoms with Crippen molar-refractivity contribution in [1.29, 1.82) is 0 Å². The van der Waals surface area contributed by atoms with Crippen LogP contribution in [-0.2, 0) is 12.8 Å². The highest BCUT2D eigenvalue weighted by atomic mass is 16.2. The van der Waals surface area contributed by atoms with Crippen LogP contribution in [0.2, 0.25) is 0 Å². The van der Waals surface area contributed by atoms with E-state index in [0.717, 1.165) is 64.4 Å². The minimum absolute atomic E-state index is 0.0137. The molecule has 0 atom stereocenters. The van der Waals surface area contributed by atoms with Gasteiger partial charge >= 0.3 is 0 Å². The van der Waals surface area contributed by atoms with Gasteiger partial charge in [0.1, 0.15) is 5.69 Å². The number of anilines is 2. The van der Waals surface area contributed by atoms with Crippen molar-refractivity contribution in [3.05, 3.63) is 58.9 Å². The number of hydrogen-bond donors (Lipinski definition) is 3. The van der Waals surface area contributed by atoms with E-state index >= 15 is 0 Å². The Balaban J connectivity index is 1.42. The lowest BCUT2D eigenvalue weighted by atomic mass is 10.1. The van der Waals surface area contributed by atoms with Crippen LogP contribution in [0.4, 0.5) is 11.4 Å². The van der Waals surface area contributed by atoms with Crippen molar-refractivity contribution in [3.8, 4) is 0 Å². The first kappa shape index (κ1) is 15.5. The van der Waals surface area contributed by atoms with Gasteiger partial charge in [-0.3, -0.25) is 9.59 Å². The third-order valence-electron chi connectivity index (χ3n) is 6.00. The molecule has 0 fully saturated rings. The van der Waals surface area contributed by atoms with Crippen LogP contribution >= 0.6 is 0 Å². The van der Waals surface area contributed by atoms with Gasteiger partial charge in [-0.1, -0.05) is 0 Å². The Bertz CT molecular complexity index is 1300. The molecule has 0 spiro atoms. The van der Waals surface area contributed by atoms with Crippen molar-refractivity contribution in [3.63, 3.8) is 0 Å². The normalized spacial score (nSPS) is 15.1. The van der Waals surface area contributed by atoms with Crippen LogP contribution in [0.25, 0.3) is 21.8 Å². The standard InChI is InChI=1S/C22H18N4O2/c27-11-12-9-15-14-6-8-26(21(14)4-3-18(15)24-12)22(28)20-10-16-13-5-7-23-17(13)1-2-19(16)25-20/h1-4,9-11,23-25H,5-8H2. The van der Waals surface area contributed by atoms with Gasteiger partial charge in [-0.15, -0.1) is 0 Å². The molecule has 6 nitrogen and oxygen atoms in total. The number of H-pyrrole nitrogens is 2. The lowest BCUT2D eigenvalue weighted by molar-refractivity contribution is 0.0985. The van der Waals surface area contributed by atoms with E-state index in [9.17, 15) is 9.59 Å². The van der Waals surface area contributed by atoms with Crippen molar-refractivity contribution in [2.75, 3.05) is 23.3 Å². The van der Waals surface area contributed by atoms with E-state index < -0.39 is 0 Å². The first-order valence-corrected chi connectivity index (χ1v) is 9.53. The quantitative estimate of drug-likeness (QED) is 0.471. The molecular weight excluding hydrogens is 352 g/mol. The van der Waals surface area contributed by atoms with Crippen LogP contribution in [0.15, 0.2) is 36.4 Å². The third-order valence-corrected chi connectivity index (χ3v) is 6.00. The van der Waals surface area contributed by atoms with Crippen molar-refractivity contribution in [2.45, 2.75) is 12.8 Å². The summed E-state index contributed by atoms with van der Waals surface area (Å²) in [7, 11) is 0. The molecular formula is C22H18N4O2. The maximum Gasteiger partial charge on any atom is 0.274 e. The van der Waals surface area contributed by atoms with E-state index in [1.165, 1.54) is 5.56 Å². The summed E-state index contributed by atoms with van der Waals surface area (Å²) in [4.78, 5) is 32.6. The molecule has 138 valence electrons. The van der Waals surface area contributed by atoms with Crippen molar-refractivity contribution in [2.24, 2.45) is 0 Å². The highest BCUT2D eigenvalue weighted by Crippen LogP contribution is 2.36. The van der Waals surface area contributed by atoms with Crippen LogP contribution in [0, 0.1) is 0 Å². The average molecular weight is 370 g/mol. The first-order valence-electron chi connectivity index (χ1n) is 9.53. The number of carbonyl (C=O) groups is 2. The zero-order chi connectivity index (χ0) is 18.8. The number of aromatic nitrogens is 2. The SMILES string of the molecule is O=Cc1cc2c3c(ccc2[nH]1)N(C(=O)c1cc2c4c(ccc2[nH]1)NCC4)CC3. The molecule has 0 aliphatic carbocycles. The summed E-state index contributed by atoms with van der Waals surface area (Å²) in [6.45, 7) is 1.59.